The van der Waals surface area contributed by atoms with Crippen molar-refractivity contribution in [2.24, 2.45) is 5.92 Å². The second-order valence-electron chi connectivity index (χ2n) is 8.50. The Bertz CT molecular complexity index is 1210. The van der Waals surface area contributed by atoms with E-state index >= 15 is 0 Å². The van der Waals surface area contributed by atoms with E-state index in [0.29, 0.717) is 11.5 Å². The Hall–Kier alpha value is -3.06. The summed E-state index contributed by atoms with van der Waals surface area (Å²) in [5.41, 5.74) is 1.74. The molecule has 4 heteroatoms. The molecule has 164 valence electrons. The molecule has 1 fully saturated rings. The normalized spacial score (nSPS) is 18.2. The number of allylic oxidation sites excluding steroid dienone is 1. The molecule has 1 aliphatic carbocycles. The van der Waals surface area contributed by atoms with Crippen molar-refractivity contribution in [1.29, 1.82) is 0 Å². The van der Waals surface area contributed by atoms with Crippen molar-refractivity contribution < 1.29 is 17.6 Å². The van der Waals surface area contributed by atoms with Crippen molar-refractivity contribution in [3.8, 4) is 11.8 Å². The average Bonchev–Trinajstić information content (AvgIpc) is 2.80. The zero-order valence-electron chi connectivity index (χ0n) is 17.7. The molecule has 3 aromatic carbocycles. The summed E-state index contributed by atoms with van der Waals surface area (Å²) in [5, 5.41) is 0.178. The fraction of sp³-hybridized carbons (Fsp3) is 0.286. The van der Waals surface area contributed by atoms with Gasteiger partial charge >= 0.3 is 0 Å². The third kappa shape index (κ3) is 4.72. The van der Waals surface area contributed by atoms with E-state index in [1.54, 1.807) is 12.1 Å². The van der Waals surface area contributed by atoms with Crippen LogP contribution in [0.2, 0.25) is 0 Å². The monoisotopic (exact) mass is 436 g/mol. The van der Waals surface area contributed by atoms with Crippen molar-refractivity contribution in [3.63, 3.8) is 0 Å². The first-order chi connectivity index (χ1) is 15.5. The van der Waals surface area contributed by atoms with Crippen LogP contribution in [-0.4, -0.2) is 0 Å². The Morgan fingerprint density at radius 3 is 2.34 bits per heavy atom. The predicted molar refractivity (Wildman–Crippen MR) is 120 cm³/mol. The molecule has 0 saturated heterocycles. The minimum atomic E-state index is -1.50. The second kappa shape index (κ2) is 9.61. The molecule has 0 unspecified atom stereocenters. The molecule has 1 aliphatic rings. The van der Waals surface area contributed by atoms with Crippen LogP contribution in [0.25, 0.3) is 10.8 Å². The molecule has 0 amide bonds. The number of rotatable bonds is 4. The molecule has 0 aliphatic heterocycles. The molecule has 0 N–H and O–H groups in total. The van der Waals surface area contributed by atoms with Gasteiger partial charge < -0.3 is 0 Å². The first-order valence-corrected chi connectivity index (χ1v) is 11.0. The third-order valence-electron chi connectivity index (χ3n) is 6.40. The van der Waals surface area contributed by atoms with E-state index in [1.807, 2.05) is 12.1 Å². The quantitative estimate of drug-likeness (QED) is 0.168. The Morgan fingerprint density at radius 1 is 0.844 bits per heavy atom. The molecular weight excluding hydrogens is 412 g/mol. The molecule has 0 radical (unpaired) electrons. The lowest BCUT2D eigenvalue weighted by molar-refractivity contribution is 0.311. The molecule has 3 aromatic rings. The summed E-state index contributed by atoms with van der Waals surface area (Å²) >= 11 is 0. The molecule has 1 saturated carbocycles. The van der Waals surface area contributed by atoms with E-state index in [9.17, 15) is 17.6 Å². The Kier molecular flexibility index (Phi) is 6.65. The van der Waals surface area contributed by atoms with Gasteiger partial charge in [-0.25, -0.2) is 17.6 Å². The van der Waals surface area contributed by atoms with Gasteiger partial charge in [0.25, 0.3) is 0 Å². The number of halogens is 4. The summed E-state index contributed by atoms with van der Waals surface area (Å²) in [6.45, 7) is 3.79. The lowest BCUT2D eigenvalue weighted by Gasteiger charge is -2.28. The van der Waals surface area contributed by atoms with Crippen LogP contribution in [0.1, 0.15) is 61.1 Å². The minimum Gasteiger partial charge on any atom is -0.206 e. The molecule has 0 nitrogen and oxygen atoms in total. The Balaban J connectivity index is 1.49. The van der Waals surface area contributed by atoms with Crippen LogP contribution in [-0.2, 0) is 0 Å². The maximum atomic E-state index is 14.7. The molecular formula is C28H24F4. The van der Waals surface area contributed by atoms with Gasteiger partial charge in [0.2, 0.25) is 0 Å². The van der Waals surface area contributed by atoms with Gasteiger partial charge in [0.1, 0.15) is 5.82 Å². The van der Waals surface area contributed by atoms with E-state index in [2.05, 4.69) is 18.4 Å². The summed E-state index contributed by atoms with van der Waals surface area (Å²) in [6.07, 6.45) is 8.66. The number of fused-ring (bicyclic) bond motifs is 1. The van der Waals surface area contributed by atoms with Crippen molar-refractivity contribution >= 4 is 10.8 Å². The molecule has 0 aromatic heterocycles. The van der Waals surface area contributed by atoms with Gasteiger partial charge in [-0.3, -0.25) is 0 Å². The SMILES string of the molecule is C=CCCC1CCC(c2ccc(C#Cc3ccc4c(F)c(F)c(F)cc4c3)c(F)c2)CC1. The number of hydrogen-bond acceptors (Lipinski definition) is 0. The van der Waals surface area contributed by atoms with Crippen molar-refractivity contribution in [2.45, 2.75) is 44.4 Å². The highest BCUT2D eigenvalue weighted by Crippen LogP contribution is 2.38. The lowest BCUT2D eigenvalue weighted by Crippen LogP contribution is -2.13. The fourth-order valence-corrected chi connectivity index (χ4v) is 4.55. The van der Waals surface area contributed by atoms with Crippen LogP contribution < -0.4 is 0 Å². The fourth-order valence-electron chi connectivity index (χ4n) is 4.55. The maximum Gasteiger partial charge on any atom is 0.195 e. The largest absolute Gasteiger partial charge is 0.206 e. The zero-order chi connectivity index (χ0) is 22.7. The van der Waals surface area contributed by atoms with Crippen LogP contribution >= 0.6 is 0 Å². The van der Waals surface area contributed by atoms with Crippen LogP contribution in [0.15, 0.2) is 55.1 Å². The molecule has 0 heterocycles. The molecule has 32 heavy (non-hydrogen) atoms. The zero-order valence-corrected chi connectivity index (χ0v) is 17.7. The third-order valence-corrected chi connectivity index (χ3v) is 6.40. The molecule has 0 bridgehead atoms. The summed E-state index contributed by atoms with van der Waals surface area (Å²) in [5.74, 6) is 2.39. The smallest absolute Gasteiger partial charge is 0.195 e. The van der Waals surface area contributed by atoms with Crippen LogP contribution in [0.3, 0.4) is 0 Å². The van der Waals surface area contributed by atoms with Crippen LogP contribution in [0.5, 0.6) is 0 Å². The second-order valence-corrected chi connectivity index (χ2v) is 8.50. The van der Waals surface area contributed by atoms with E-state index < -0.39 is 17.5 Å². The molecule has 0 spiro atoms. The van der Waals surface area contributed by atoms with E-state index in [-0.39, 0.29) is 22.2 Å². The minimum absolute atomic E-state index is 0.0239. The first-order valence-electron chi connectivity index (χ1n) is 11.0. The maximum absolute atomic E-state index is 14.7. The van der Waals surface area contributed by atoms with Gasteiger partial charge in [0.05, 0.1) is 5.56 Å². The standard InChI is InChI=1S/C28H24F4/c1-2-3-4-18-5-9-20(10-6-18)22-13-12-21(25(29)16-22)11-7-19-8-14-24-23(15-19)17-26(30)28(32)27(24)31/h2,8,12-18,20H,1,3-6,9-10H2. The van der Waals surface area contributed by atoms with Crippen molar-refractivity contribution in [1.82, 2.24) is 0 Å². The first kappa shape index (κ1) is 22.1. The van der Waals surface area contributed by atoms with E-state index in [4.69, 9.17) is 0 Å². The predicted octanol–water partition coefficient (Wildman–Crippen LogP) is 8.04. The lowest BCUT2D eigenvalue weighted by atomic mass is 9.77. The van der Waals surface area contributed by atoms with Gasteiger partial charge in [0.15, 0.2) is 17.5 Å². The van der Waals surface area contributed by atoms with Crippen molar-refractivity contribution in [2.75, 3.05) is 0 Å². The van der Waals surface area contributed by atoms with E-state index in [1.165, 1.54) is 24.6 Å². The van der Waals surface area contributed by atoms with Gasteiger partial charge in [-0.2, -0.15) is 0 Å². The van der Waals surface area contributed by atoms with E-state index in [0.717, 1.165) is 49.7 Å². The van der Waals surface area contributed by atoms with Crippen LogP contribution in [0.4, 0.5) is 17.6 Å². The summed E-state index contributed by atoms with van der Waals surface area (Å²) < 4.78 is 55.5. The highest BCUT2D eigenvalue weighted by Gasteiger charge is 2.22. The van der Waals surface area contributed by atoms with Gasteiger partial charge in [-0.05, 0) is 91.6 Å². The van der Waals surface area contributed by atoms with Gasteiger partial charge in [-0.1, -0.05) is 30.0 Å². The average molecular weight is 436 g/mol. The summed E-state index contributed by atoms with van der Waals surface area (Å²) in [6, 6.07) is 10.5. The Labute approximate surface area is 186 Å². The highest BCUT2D eigenvalue weighted by molar-refractivity contribution is 5.84. The number of benzene rings is 3. The molecule has 0 atom stereocenters. The van der Waals surface area contributed by atoms with Gasteiger partial charge in [-0.15, -0.1) is 6.58 Å². The highest BCUT2D eigenvalue weighted by atomic mass is 19.2. The summed E-state index contributed by atoms with van der Waals surface area (Å²) in [7, 11) is 0. The number of hydrogen-bond donors (Lipinski definition) is 0. The van der Waals surface area contributed by atoms with Crippen LogP contribution in [0, 0.1) is 41.0 Å². The van der Waals surface area contributed by atoms with Crippen molar-refractivity contribution in [3.05, 3.63) is 95.1 Å². The molecule has 4 rings (SSSR count). The summed E-state index contributed by atoms with van der Waals surface area (Å²) in [4.78, 5) is 0. The topological polar surface area (TPSA) is 0 Å². The Morgan fingerprint density at radius 2 is 1.62 bits per heavy atom. The van der Waals surface area contributed by atoms with Gasteiger partial charge in [0, 0.05) is 10.9 Å².